The number of hydrogen-bond acceptors (Lipinski definition) is 3. The van der Waals surface area contributed by atoms with Gasteiger partial charge in [-0.3, -0.25) is 9.51 Å². The van der Waals surface area contributed by atoms with E-state index in [4.69, 9.17) is 0 Å². The lowest BCUT2D eigenvalue weighted by molar-refractivity contribution is -0.139. The number of alkyl halides is 3. The summed E-state index contributed by atoms with van der Waals surface area (Å²) >= 11 is 0. The van der Waals surface area contributed by atoms with Gasteiger partial charge in [0.05, 0.1) is 11.1 Å². The molecule has 0 aliphatic heterocycles. The minimum Gasteiger partial charge on any atom is -0.296 e. The van der Waals surface area contributed by atoms with Crippen LogP contribution < -0.4 is 5.76 Å². The smallest absolute Gasteiger partial charge is 0.296 e. The molecule has 4 nitrogen and oxygen atoms in total. The highest BCUT2D eigenvalue weighted by atomic mass is 19.4. The lowest BCUT2D eigenvalue weighted by Crippen LogP contribution is -2.09. The van der Waals surface area contributed by atoms with Gasteiger partial charge in [0.2, 0.25) is 0 Å². The largest absolute Gasteiger partial charge is 0.439 e. The summed E-state index contributed by atoms with van der Waals surface area (Å²) in [6.45, 7) is 0. The van der Waals surface area contributed by atoms with Crippen molar-refractivity contribution in [2.45, 2.75) is 6.18 Å². The third-order valence-electron chi connectivity index (χ3n) is 2.00. The monoisotopic (exact) mass is 248 g/mol. The van der Waals surface area contributed by atoms with E-state index < -0.39 is 34.7 Å². The van der Waals surface area contributed by atoms with Gasteiger partial charge in [0.15, 0.2) is 5.82 Å². The van der Waals surface area contributed by atoms with Crippen molar-refractivity contribution < 1.29 is 22.1 Å². The average Bonchev–Trinajstić information content (AvgIpc) is 2.63. The molecule has 90 valence electrons. The van der Waals surface area contributed by atoms with Gasteiger partial charge in [-0.05, 0) is 12.1 Å². The Labute approximate surface area is 90.9 Å². The minimum absolute atomic E-state index is 0.390. The van der Waals surface area contributed by atoms with Crippen molar-refractivity contribution in [3.63, 3.8) is 0 Å². The number of aromatic amines is 1. The Morgan fingerprint density at radius 3 is 2.53 bits per heavy atom. The number of aromatic nitrogens is 2. The average molecular weight is 248 g/mol. The maximum absolute atomic E-state index is 13.5. The molecule has 0 aliphatic rings. The number of nitrogens with one attached hydrogen (secondary N) is 1. The van der Waals surface area contributed by atoms with Crippen LogP contribution in [0.15, 0.2) is 27.5 Å². The fourth-order valence-corrected chi connectivity index (χ4v) is 1.28. The Bertz CT molecular complexity index is 600. The van der Waals surface area contributed by atoms with Crippen LogP contribution >= 0.6 is 0 Å². The quantitative estimate of drug-likeness (QED) is 0.787. The molecule has 0 atom stereocenters. The molecule has 0 saturated heterocycles. The van der Waals surface area contributed by atoms with E-state index in [0.717, 1.165) is 12.1 Å². The molecule has 1 aromatic heterocycles. The summed E-state index contributed by atoms with van der Waals surface area (Å²) in [5, 5.41) is 3.12. The van der Waals surface area contributed by atoms with E-state index in [2.05, 4.69) is 9.68 Å². The number of rotatable bonds is 1. The second-order valence-corrected chi connectivity index (χ2v) is 3.11. The van der Waals surface area contributed by atoms with Gasteiger partial charge in [0.25, 0.3) is 0 Å². The highest BCUT2D eigenvalue weighted by Crippen LogP contribution is 2.34. The standard InChI is InChI=1S/C9H4F4N2O2/c10-6-4(7-14-8(16)17-15-7)2-1-3-5(6)9(11,12)13/h1-3H,(H,14,15,16). The number of H-pyrrole nitrogens is 1. The first kappa shape index (κ1) is 11.4. The SMILES string of the molecule is O=c1[nH]c(-c2cccc(C(F)(F)F)c2F)no1. The van der Waals surface area contributed by atoms with Crippen molar-refractivity contribution in [1.29, 1.82) is 0 Å². The first-order valence-corrected chi connectivity index (χ1v) is 4.31. The molecule has 0 radical (unpaired) electrons. The molecule has 0 amide bonds. The van der Waals surface area contributed by atoms with Gasteiger partial charge in [0, 0.05) is 0 Å². The van der Waals surface area contributed by atoms with Gasteiger partial charge in [-0.15, -0.1) is 0 Å². The molecule has 17 heavy (non-hydrogen) atoms. The molecular weight excluding hydrogens is 244 g/mol. The molecule has 0 unspecified atom stereocenters. The van der Waals surface area contributed by atoms with Gasteiger partial charge in [-0.2, -0.15) is 13.2 Å². The van der Waals surface area contributed by atoms with Crippen LogP contribution in [0.5, 0.6) is 0 Å². The Hall–Kier alpha value is -2.12. The van der Waals surface area contributed by atoms with E-state index in [1.54, 1.807) is 0 Å². The van der Waals surface area contributed by atoms with Gasteiger partial charge >= 0.3 is 11.9 Å². The van der Waals surface area contributed by atoms with Crippen LogP contribution in [-0.4, -0.2) is 10.1 Å². The van der Waals surface area contributed by atoms with E-state index in [1.165, 1.54) is 0 Å². The van der Waals surface area contributed by atoms with Gasteiger partial charge in [-0.25, -0.2) is 9.18 Å². The Kier molecular flexibility index (Phi) is 2.49. The molecule has 0 bridgehead atoms. The molecule has 1 heterocycles. The lowest BCUT2D eigenvalue weighted by atomic mass is 10.1. The van der Waals surface area contributed by atoms with Crippen LogP contribution in [0.4, 0.5) is 17.6 Å². The Morgan fingerprint density at radius 1 is 1.29 bits per heavy atom. The van der Waals surface area contributed by atoms with Gasteiger partial charge in [0.1, 0.15) is 5.82 Å². The Balaban J connectivity index is 2.61. The van der Waals surface area contributed by atoms with E-state index in [0.29, 0.717) is 6.07 Å². The third-order valence-corrected chi connectivity index (χ3v) is 2.00. The van der Waals surface area contributed by atoms with Crippen molar-refractivity contribution in [1.82, 2.24) is 10.1 Å². The van der Waals surface area contributed by atoms with Crippen molar-refractivity contribution in [2.75, 3.05) is 0 Å². The molecule has 0 fully saturated rings. The molecule has 2 aromatic rings. The predicted molar refractivity (Wildman–Crippen MR) is 47.5 cm³/mol. The molecule has 0 spiro atoms. The molecule has 1 N–H and O–H groups in total. The van der Waals surface area contributed by atoms with Crippen molar-refractivity contribution in [3.8, 4) is 11.4 Å². The fraction of sp³-hybridized carbons (Fsp3) is 0.111. The summed E-state index contributed by atoms with van der Waals surface area (Å²) in [7, 11) is 0. The second kappa shape index (κ2) is 3.72. The summed E-state index contributed by atoms with van der Waals surface area (Å²) < 4.78 is 54.8. The van der Waals surface area contributed by atoms with Gasteiger partial charge in [-0.1, -0.05) is 11.2 Å². The van der Waals surface area contributed by atoms with Crippen LogP contribution in [0.1, 0.15) is 5.56 Å². The van der Waals surface area contributed by atoms with E-state index in [-0.39, 0.29) is 0 Å². The molecule has 1 aromatic carbocycles. The minimum atomic E-state index is -4.82. The van der Waals surface area contributed by atoms with Crippen molar-refractivity contribution in [2.24, 2.45) is 0 Å². The first-order valence-electron chi connectivity index (χ1n) is 4.31. The van der Waals surface area contributed by atoms with E-state index >= 15 is 0 Å². The topological polar surface area (TPSA) is 58.9 Å². The summed E-state index contributed by atoms with van der Waals surface area (Å²) in [6, 6.07) is 2.66. The van der Waals surface area contributed by atoms with Crippen LogP contribution in [0.3, 0.4) is 0 Å². The van der Waals surface area contributed by atoms with Gasteiger partial charge < -0.3 is 0 Å². The number of nitrogens with zero attached hydrogens (tertiary/aromatic N) is 1. The number of halogens is 4. The highest BCUT2D eigenvalue weighted by Gasteiger charge is 2.35. The Morgan fingerprint density at radius 2 is 2.00 bits per heavy atom. The van der Waals surface area contributed by atoms with Crippen LogP contribution in [0.2, 0.25) is 0 Å². The first-order chi connectivity index (χ1) is 7.89. The lowest BCUT2D eigenvalue weighted by Gasteiger charge is -2.09. The summed E-state index contributed by atoms with van der Waals surface area (Å²) in [5.74, 6) is -2.88. The summed E-state index contributed by atoms with van der Waals surface area (Å²) in [4.78, 5) is 12.6. The summed E-state index contributed by atoms with van der Waals surface area (Å²) in [5.41, 5.74) is -1.91. The molecule has 0 saturated carbocycles. The normalized spacial score (nSPS) is 11.8. The molecule has 8 heteroatoms. The van der Waals surface area contributed by atoms with E-state index in [1.807, 2.05) is 4.98 Å². The molecular formula is C9H4F4N2O2. The van der Waals surface area contributed by atoms with E-state index in [9.17, 15) is 22.4 Å². The third kappa shape index (κ3) is 2.05. The predicted octanol–water partition coefficient (Wildman–Crippen LogP) is 2.19. The van der Waals surface area contributed by atoms with Crippen molar-refractivity contribution in [3.05, 3.63) is 40.1 Å². The molecule has 2 rings (SSSR count). The zero-order valence-electron chi connectivity index (χ0n) is 8.01. The highest BCUT2D eigenvalue weighted by molar-refractivity contribution is 5.56. The second-order valence-electron chi connectivity index (χ2n) is 3.11. The molecule has 0 aliphatic carbocycles. The van der Waals surface area contributed by atoms with Crippen molar-refractivity contribution >= 4 is 0 Å². The maximum Gasteiger partial charge on any atom is 0.439 e. The summed E-state index contributed by atoms with van der Waals surface area (Å²) in [6.07, 6.45) is -4.82. The van der Waals surface area contributed by atoms with Crippen LogP contribution in [0, 0.1) is 5.82 Å². The number of benzene rings is 1. The zero-order valence-corrected chi connectivity index (χ0v) is 8.01. The van der Waals surface area contributed by atoms with Crippen LogP contribution in [0.25, 0.3) is 11.4 Å². The maximum atomic E-state index is 13.5. The zero-order chi connectivity index (χ0) is 12.6. The van der Waals surface area contributed by atoms with Crippen LogP contribution in [-0.2, 0) is 6.18 Å². The fourth-order valence-electron chi connectivity index (χ4n) is 1.28. The number of hydrogen-bond donors (Lipinski definition) is 1.